The average Bonchev–Trinajstić information content (AvgIpc) is 2.59. The number of hydrogen-bond donors (Lipinski definition) is 1. The first-order chi connectivity index (χ1) is 8.33. The van der Waals surface area contributed by atoms with Gasteiger partial charge in [-0.15, -0.1) is 0 Å². The zero-order valence-corrected chi connectivity index (χ0v) is 10.7. The summed E-state index contributed by atoms with van der Waals surface area (Å²) < 4.78 is 5.39. The summed E-state index contributed by atoms with van der Waals surface area (Å²) in [5, 5.41) is 0. The Labute approximate surface area is 104 Å². The Kier molecular flexibility index (Phi) is 3.66. The van der Waals surface area contributed by atoms with E-state index in [0.29, 0.717) is 6.04 Å². The Morgan fingerprint density at radius 3 is 2.29 bits per heavy atom. The zero-order valence-electron chi connectivity index (χ0n) is 10.7. The van der Waals surface area contributed by atoms with Gasteiger partial charge in [0.25, 0.3) is 0 Å². The third-order valence-corrected chi connectivity index (χ3v) is 4.70. The van der Waals surface area contributed by atoms with Gasteiger partial charge in [-0.1, -0.05) is 0 Å². The lowest BCUT2D eigenvalue weighted by Crippen LogP contribution is -2.50. The number of nitrogens with two attached hydrogens (primary N) is 1. The van der Waals surface area contributed by atoms with Crippen molar-refractivity contribution in [3.63, 3.8) is 0 Å². The fourth-order valence-electron chi connectivity index (χ4n) is 3.76. The third kappa shape index (κ3) is 2.65. The molecule has 0 radical (unpaired) electrons. The van der Waals surface area contributed by atoms with Gasteiger partial charge in [0.05, 0.1) is 13.2 Å². The summed E-state index contributed by atoms with van der Waals surface area (Å²) in [6.45, 7) is 6.51. The molecule has 0 aromatic rings. The SMILES string of the molecule is NC1CC2CCC(C1)N2CCN1CCOCC1. The molecule has 3 fully saturated rings. The van der Waals surface area contributed by atoms with Crippen molar-refractivity contribution in [2.24, 2.45) is 5.73 Å². The first-order valence-corrected chi connectivity index (χ1v) is 7.14. The predicted molar refractivity (Wildman–Crippen MR) is 68.0 cm³/mol. The van der Waals surface area contributed by atoms with Gasteiger partial charge in [-0.25, -0.2) is 0 Å². The van der Waals surface area contributed by atoms with Crippen LogP contribution in [0.1, 0.15) is 25.7 Å². The van der Waals surface area contributed by atoms with E-state index in [0.717, 1.165) is 38.4 Å². The molecular weight excluding hydrogens is 214 g/mol. The summed E-state index contributed by atoms with van der Waals surface area (Å²) in [5.74, 6) is 0. The van der Waals surface area contributed by atoms with Crippen molar-refractivity contribution in [2.45, 2.75) is 43.8 Å². The lowest BCUT2D eigenvalue weighted by Gasteiger charge is -2.39. The van der Waals surface area contributed by atoms with Crippen molar-refractivity contribution in [2.75, 3.05) is 39.4 Å². The minimum absolute atomic E-state index is 0.465. The molecule has 3 aliphatic rings. The van der Waals surface area contributed by atoms with Crippen molar-refractivity contribution >= 4 is 0 Å². The second-order valence-electron chi connectivity index (χ2n) is 5.81. The van der Waals surface area contributed by atoms with Gasteiger partial charge in [-0.2, -0.15) is 0 Å². The van der Waals surface area contributed by atoms with Crippen molar-refractivity contribution in [3.8, 4) is 0 Å². The molecule has 4 heteroatoms. The predicted octanol–water partition coefficient (Wildman–Crippen LogP) is 0.273. The van der Waals surface area contributed by atoms with Crippen LogP contribution in [-0.4, -0.2) is 67.3 Å². The van der Waals surface area contributed by atoms with Crippen molar-refractivity contribution in [1.82, 2.24) is 9.80 Å². The first kappa shape index (κ1) is 11.9. The summed E-state index contributed by atoms with van der Waals surface area (Å²) in [4.78, 5) is 5.27. The van der Waals surface area contributed by atoms with Gasteiger partial charge in [0, 0.05) is 44.3 Å². The molecule has 2 atom stereocenters. The van der Waals surface area contributed by atoms with Crippen LogP contribution >= 0.6 is 0 Å². The van der Waals surface area contributed by atoms with E-state index in [4.69, 9.17) is 10.5 Å². The van der Waals surface area contributed by atoms with Crippen LogP contribution in [0.5, 0.6) is 0 Å². The summed E-state index contributed by atoms with van der Waals surface area (Å²) in [7, 11) is 0. The largest absolute Gasteiger partial charge is 0.379 e. The van der Waals surface area contributed by atoms with E-state index < -0.39 is 0 Å². The van der Waals surface area contributed by atoms with Crippen molar-refractivity contribution < 1.29 is 4.74 Å². The monoisotopic (exact) mass is 239 g/mol. The number of piperidine rings is 1. The molecule has 0 spiro atoms. The van der Waals surface area contributed by atoms with E-state index in [-0.39, 0.29) is 0 Å². The fourth-order valence-corrected chi connectivity index (χ4v) is 3.76. The number of hydrogen-bond acceptors (Lipinski definition) is 4. The van der Waals surface area contributed by atoms with Crippen LogP contribution in [0.2, 0.25) is 0 Å². The van der Waals surface area contributed by atoms with Crippen LogP contribution in [-0.2, 0) is 4.74 Å². The van der Waals surface area contributed by atoms with Gasteiger partial charge >= 0.3 is 0 Å². The highest BCUT2D eigenvalue weighted by Crippen LogP contribution is 2.34. The molecular formula is C13H25N3O. The Hall–Kier alpha value is -0.160. The minimum Gasteiger partial charge on any atom is -0.379 e. The molecule has 17 heavy (non-hydrogen) atoms. The average molecular weight is 239 g/mol. The summed E-state index contributed by atoms with van der Waals surface area (Å²) in [6, 6.07) is 2.03. The second-order valence-corrected chi connectivity index (χ2v) is 5.81. The maximum absolute atomic E-state index is 6.10. The lowest BCUT2D eigenvalue weighted by molar-refractivity contribution is 0.0265. The fraction of sp³-hybridized carbons (Fsp3) is 1.00. The summed E-state index contributed by atoms with van der Waals surface area (Å²) >= 11 is 0. The minimum atomic E-state index is 0.465. The molecule has 0 aliphatic carbocycles. The quantitative estimate of drug-likeness (QED) is 0.768. The molecule has 2 N–H and O–H groups in total. The molecule has 2 unspecified atom stereocenters. The molecule has 0 amide bonds. The van der Waals surface area contributed by atoms with Crippen LogP contribution in [0, 0.1) is 0 Å². The summed E-state index contributed by atoms with van der Waals surface area (Å²) in [5.41, 5.74) is 6.10. The maximum atomic E-state index is 6.10. The molecule has 3 saturated heterocycles. The van der Waals surface area contributed by atoms with E-state index in [1.165, 1.54) is 38.8 Å². The van der Waals surface area contributed by atoms with Crippen molar-refractivity contribution in [1.29, 1.82) is 0 Å². The normalized spacial score (nSPS) is 39.7. The molecule has 0 aromatic carbocycles. The van der Waals surface area contributed by atoms with Crippen LogP contribution in [0.3, 0.4) is 0 Å². The highest BCUT2D eigenvalue weighted by atomic mass is 16.5. The smallest absolute Gasteiger partial charge is 0.0594 e. The topological polar surface area (TPSA) is 41.7 Å². The third-order valence-electron chi connectivity index (χ3n) is 4.70. The van der Waals surface area contributed by atoms with Gasteiger partial charge < -0.3 is 10.5 Å². The number of morpholine rings is 1. The van der Waals surface area contributed by atoms with E-state index in [2.05, 4.69) is 9.80 Å². The highest BCUT2D eigenvalue weighted by Gasteiger charge is 2.39. The molecule has 4 nitrogen and oxygen atoms in total. The standard InChI is InChI=1S/C13H25N3O/c14-11-9-12-1-2-13(10-11)16(12)4-3-15-5-7-17-8-6-15/h11-13H,1-10,14H2. The molecule has 2 bridgehead atoms. The molecule has 0 saturated carbocycles. The van der Waals surface area contributed by atoms with Crippen LogP contribution in [0.15, 0.2) is 0 Å². The maximum Gasteiger partial charge on any atom is 0.0594 e. The highest BCUT2D eigenvalue weighted by molar-refractivity contribution is 4.96. The second kappa shape index (κ2) is 5.22. The van der Waals surface area contributed by atoms with Gasteiger partial charge in [-0.3, -0.25) is 9.80 Å². The Balaban J connectivity index is 1.48. The van der Waals surface area contributed by atoms with E-state index >= 15 is 0 Å². The summed E-state index contributed by atoms with van der Waals surface area (Å²) in [6.07, 6.45) is 5.20. The molecule has 3 heterocycles. The van der Waals surface area contributed by atoms with E-state index in [1.54, 1.807) is 0 Å². The Morgan fingerprint density at radius 1 is 1.00 bits per heavy atom. The van der Waals surface area contributed by atoms with Gasteiger partial charge in [0.2, 0.25) is 0 Å². The first-order valence-electron chi connectivity index (χ1n) is 7.14. The van der Waals surface area contributed by atoms with Crippen LogP contribution < -0.4 is 5.73 Å². The van der Waals surface area contributed by atoms with E-state index in [9.17, 15) is 0 Å². The molecule has 98 valence electrons. The van der Waals surface area contributed by atoms with Gasteiger partial charge in [0.15, 0.2) is 0 Å². The van der Waals surface area contributed by atoms with Gasteiger partial charge in [-0.05, 0) is 25.7 Å². The lowest BCUT2D eigenvalue weighted by atomic mass is 9.98. The van der Waals surface area contributed by atoms with E-state index in [1.807, 2.05) is 0 Å². The Bertz CT molecular complexity index is 241. The molecule has 3 rings (SSSR count). The van der Waals surface area contributed by atoms with Crippen LogP contribution in [0.4, 0.5) is 0 Å². The number of ether oxygens (including phenoxy) is 1. The van der Waals surface area contributed by atoms with Crippen LogP contribution in [0.25, 0.3) is 0 Å². The molecule has 0 aromatic heterocycles. The van der Waals surface area contributed by atoms with Gasteiger partial charge in [0.1, 0.15) is 0 Å². The van der Waals surface area contributed by atoms with Crippen molar-refractivity contribution in [3.05, 3.63) is 0 Å². The zero-order chi connectivity index (χ0) is 11.7. The number of rotatable bonds is 3. The molecule has 3 aliphatic heterocycles. The number of nitrogens with zero attached hydrogens (tertiary/aromatic N) is 2. The number of fused-ring (bicyclic) bond motifs is 2. The Morgan fingerprint density at radius 2 is 1.65 bits per heavy atom.